The number of carbonyl (C=O) groups is 2. The van der Waals surface area contributed by atoms with Crippen LogP contribution in [0.2, 0.25) is 0 Å². The Morgan fingerprint density at radius 2 is 1.54 bits per heavy atom. The fourth-order valence-electron chi connectivity index (χ4n) is 3.80. The van der Waals surface area contributed by atoms with Crippen LogP contribution in [0.4, 0.5) is 0 Å². The minimum atomic E-state index is -0.0556. The molecular formula is C16H30Cl2N4O2. The third-order valence-corrected chi connectivity index (χ3v) is 5.31. The van der Waals surface area contributed by atoms with E-state index in [1.54, 1.807) is 0 Å². The molecule has 0 radical (unpaired) electrons. The number of piperazine rings is 1. The van der Waals surface area contributed by atoms with Crippen LogP contribution >= 0.6 is 24.8 Å². The van der Waals surface area contributed by atoms with E-state index in [9.17, 15) is 9.59 Å². The molecule has 3 aliphatic rings. The molecule has 0 aromatic carbocycles. The maximum atomic E-state index is 12.5. The molecule has 0 spiro atoms. The summed E-state index contributed by atoms with van der Waals surface area (Å²) in [7, 11) is 0. The van der Waals surface area contributed by atoms with Crippen molar-refractivity contribution in [2.24, 2.45) is 0 Å². The summed E-state index contributed by atoms with van der Waals surface area (Å²) in [6.07, 6.45) is 4.32. The van der Waals surface area contributed by atoms with Crippen LogP contribution in [-0.4, -0.2) is 84.4 Å². The first kappa shape index (κ1) is 21.5. The lowest BCUT2D eigenvalue weighted by Crippen LogP contribution is -2.57. The summed E-state index contributed by atoms with van der Waals surface area (Å²) in [5, 5.41) is 3.28. The van der Waals surface area contributed by atoms with E-state index in [1.807, 2.05) is 16.7 Å². The molecule has 3 rings (SSSR count). The van der Waals surface area contributed by atoms with Crippen LogP contribution < -0.4 is 5.32 Å². The predicted octanol–water partition coefficient (Wildman–Crippen LogP) is 0.737. The van der Waals surface area contributed by atoms with Crippen molar-refractivity contribution < 1.29 is 9.59 Å². The molecule has 2 atom stereocenters. The van der Waals surface area contributed by atoms with Gasteiger partial charge in [0.1, 0.15) is 0 Å². The highest BCUT2D eigenvalue weighted by atomic mass is 35.5. The quantitative estimate of drug-likeness (QED) is 0.784. The van der Waals surface area contributed by atoms with Gasteiger partial charge in [-0.05, 0) is 39.2 Å². The van der Waals surface area contributed by atoms with Crippen molar-refractivity contribution in [3.8, 4) is 0 Å². The normalized spacial score (nSPS) is 25.8. The molecule has 8 heteroatoms. The molecule has 3 fully saturated rings. The number of nitrogens with zero attached hydrogens (tertiary/aromatic N) is 3. The summed E-state index contributed by atoms with van der Waals surface area (Å²) >= 11 is 0. The Hall–Kier alpha value is -0.560. The lowest BCUT2D eigenvalue weighted by atomic mass is 10.1. The molecule has 0 aromatic rings. The molecule has 140 valence electrons. The summed E-state index contributed by atoms with van der Waals surface area (Å²) in [4.78, 5) is 31.0. The number of rotatable bonds is 3. The number of nitrogens with one attached hydrogen (secondary N) is 1. The van der Waals surface area contributed by atoms with Crippen molar-refractivity contribution in [3.05, 3.63) is 0 Å². The third-order valence-electron chi connectivity index (χ3n) is 5.31. The van der Waals surface area contributed by atoms with E-state index in [1.165, 1.54) is 0 Å². The van der Waals surface area contributed by atoms with Gasteiger partial charge in [-0.3, -0.25) is 14.5 Å². The van der Waals surface area contributed by atoms with Gasteiger partial charge in [0.15, 0.2) is 0 Å². The zero-order valence-corrected chi connectivity index (χ0v) is 16.0. The molecule has 0 aliphatic carbocycles. The average molecular weight is 381 g/mol. The van der Waals surface area contributed by atoms with Crippen LogP contribution in [0.1, 0.15) is 32.6 Å². The van der Waals surface area contributed by atoms with Crippen molar-refractivity contribution in [2.75, 3.05) is 45.8 Å². The Bertz CT molecular complexity index is 418. The third kappa shape index (κ3) is 4.75. The van der Waals surface area contributed by atoms with Crippen molar-refractivity contribution >= 4 is 36.6 Å². The molecule has 2 amide bonds. The van der Waals surface area contributed by atoms with Crippen LogP contribution in [0.5, 0.6) is 0 Å². The van der Waals surface area contributed by atoms with Gasteiger partial charge in [0.2, 0.25) is 11.8 Å². The van der Waals surface area contributed by atoms with Crippen molar-refractivity contribution in [1.29, 1.82) is 0 Å². The van der Waals surface area contributed by atoms with E-state index in [2.05, 4.69) is 10.2 Å². The molecule has 1 N–H and O–H groups in total. The minimum Gasteiger partial charge on any atom is -0.341 e. The van der Waals surface area contributed by atoms with E-state index in [-0.39, 0.29) is 48.7 Å². The van der Waals surface area contributed by atoms with Crippen LogP contribution in [0.25, 0.3) is 0 Å². The van der Waals surface area contributed by atoms with Crippen molar-refractivity contribution in [1.82, 2.24) is 20.0 Å². The first-order valence-electron chi connectivity index (χ1n) is 8.72. The summed E-state index contributed by atoms with van der Waals surface area (Å²) in [5.41, 5.74) is 0. The maximum Gasteiger partial charge on any atom is 0.239 e. The fourth-order valence-corrected chi connectivity index (χ4v) is 3.80. The number of hydrogen-bond acceptors (Lipinski definition) is 4. The number of amides is 2. The van der Waals surface area contributed by atoms with Crippen molar-refractivity contribution in [3.63, 3.8) is 0 Å². The van der Waals surface area contributed by atoms with E-state index < -0.39 is 0 Å². The summed E-state index contributed by atoms with van der Waals surface area (Å²) < 4.78 is 0. The van der Waals surface area contributed by atoms with Gasteiger partial charge >= 0.3 is 0 Å². The Labute approximate surface area is 157 Å². The second kappa shape index (κ2) is 9.80. The first-order valence-corrected chi connectivity index (χ1v) is 8.72. The van der Waals surface area contributed by atoms with Crippen LogP contribution in [0.15, 0.2) is 0 Å². The van der Waals surface area contributed by atoms with E-state index >= 15 is 0 Å². The summed E-state index contributed by atoms with van der Waals surface area (Å²) in [6.45, 7) is 7.89. The number of hydrogen-bond donors (Lipinski definition) is 1. The maximum absolute atomic E-state index is 12.5. The molecule has 3 saturated heterocycles. The second-order valence-corrected chi connectivity index (χ2v) is 6.72. The lowest BCUT2D eigenvalue weighted by molar-refractivity contribution is -0.138. The van der Waals surface area contributed by atoms with Crippen LogP contribution in [0.3, 0.4) is 0 Å². The predicted molar refractivity (Wildman–Crippen MR) is 98.9 cm³/mol. The second-order valence-electron chi connectivity index (χ2n) is 6.72. The number of carbonyl (C=O) groups excluding carboxylic acids is 2. The molecule has 0 aromatic heterocycles. The monoisotopic (exact) mass is 380 g/mol. The standard InChI is InChI=1S/C16H28N4O2.2ClH/c1-13(15(21)19-7-2-3-8-19)18-9-11-20(12-10-18)16(22)14-5-4-6-17-14;;/h13-14,17H,2-12H2,1H3;2*1H. The molecule has 3 heterocycles. The molecule has 0 saturated carbocycles. The zero-order valence-electron chi connectivity index (χ0n) is 14.4. The SMILES string of the molecule is CC(C(=O)N1CCCC1)N1CCN(C(=O)C2CCCN2)CC1.Cl.Cl. The highest BCUT2D eigenvalue weighted by molar-refractivity contribution is 5.85. The van der Waals surface area contributed by atoms with Crippen LogP contribution in [0, 0.1) is 0 Å². The topological polar surface area (TPSA) is 55.9 Å². The van der Waals surface area contributed by atoms with Gasteiger partial charge < -0.3 is 15.1 Å². The lowest BCUT2D eigenvalue weighted by Gasteiger charge is -2.39. The molecular weight excluding hydrogens is 351 g/mol. The average Bonchev–Trinajstić information content (AvgIpc) is 3.26. The molecule has 3 aliphatic heterocycles. The van der Waals surface area contributed by atoms with Gasteiger partial charge in [-0.25, -0.2) is 0 Å². The Morgan fingerprint density at radius 3 is 2.08 bits per heavy atom. The Balaban J connectivity index is 0.00000144. The summed E-state index contributed by atoms with van der Waals surface area (Å²) in [5.74, 6) is 0.505. The largest absolute Gasteiger partial charge is 0.341 e. The van der Waals surface area contributed by atoms with E-state index in [4.69, 9.17) is 0 Å². The Morgan fingerprint density at radius 1 is 0.917 bits per heavy atom. The smallest absolute Gasteiger partial charge is 0.239 e. The summed E-state index contributed by atoms with van der Waals surface area (Å²) in [6, 6.07) is -0.0323. The first-order chi connectivity index (χ1) is 10.7. The zero-order chi connectivity index (χ0) is 15.5. The highest BCUT2D eigenvalue weighted by Gasteiger charge is 2.33. The van der Waals surface area contributed by atoms with Gasteiger partial charge in [-0.2, -0.15) is 0 Å². The van der Waals surface area contributed by atoms with Gasteiger partial charge in [0, 0.05) is 39.3 Å². The molecule has 6 nitrogen and oxygen atoms in total. The van der Waals surface area contributed by atoms with Gasteiger partial charge in [-0.15, -0.1) is 24.8 Å². The molecule has 2 unspecified atom stereocenters. The van der Waals surface area contributed by atoms with Gasteiger partial charge in [0.25, 0.3) is 0 Å². The highest BCUT2D eigenvalue weighted by Crippen LogP contribution is 2.15. The Kier molecular flexibility index (Phi) is 8.77. The number of halogens is 2. The molecule has 0 bridgehead atoms. The van der Waals surface area contributed by atoms with Gasteiger partial charge in [-0.1, -0.05) is 0 Å². The van der Waals surface area contributed by atoms with Gasteiger partial charge in [0.05, 0.1) is 12.1 Å². The van der Waals surface area contributed by atoms with Crippen LogP contribution in [-0.2, 0) is 9.59 Å². The van der Waals surface area contributed by atoms with E-state index in [0.29, 0.717) is 0 Å². The van der Waals surface area contributed by atoms with E-state index in [0.717, 1.165) is 71.5 Å². The number of likely N-dealkylation sites (tertiary alicyclic amines) is 1. The van der Waals surface area contributed by atoms with Crippen molar-refractivity contribution in [2.45, 2.75) is 44.7 Å². The minimum absolute atomic E-state index is 0. The fraction of sp³-hybridized carbons (Fsp3) is 0.875. The molecule has 24 heavy (non-hydrogen) atoms.